The Morgan fingerprint density at radius 3 is 2.13 bits per heavy atom. The molecule has 0 unspecified atom stereocenters. The average Bonchev–Trinajstić information content (AvgIpc) is 2.74. The molecule has 1 aliphatic heterocycles. The van der Waals surface area contributed by atoms with Gasteiger partial charge in [-0.15, -0.1) is 10.2 Å². The molecule has 1 saturated heterocycles. The monoisotopic (exact) mass is 412 g/mol. The number of benzene rings is 2. The molecule has 5 nitrogen and oxygen atoms in total. The van der Waals surface area contributed by atoms with Crippen LogP contribution in [0.1, 0.15) is 12.8 Å². The van der Waals surface area contributed by atoms with Crippen molar-refractivity contribution in [3.05, 3.63) is 72.0 Å². The van der Waals surface area contributed by atoms with Gasteiger partial charge in [0.15, 0.2) is 5.82 Å². The first-order chi connectivity index (χ1) is 14.5. The van der Waals surface area contributed by atoms with Gasteiger partial charge in [-0.1, -0.05) is 0 Å². The van der Waals surface area contributed by atoms with Gasteiger partial charge in [-0.05, 0) is 61.4 Å². The van der Waals surface area contributed by atoms with E-state index in [0.717, 1.165) is 23.8 Å². The van der Waals surface area contributed by atoms with Gasteiger partial charge in [0.05, 0.1) is 5.69 Å². The van der Waals surface area contributed by atoms with Gasteiger partial charge >= 0.3 is 0 Å². The molecule has 0 aliphatic carbocycles. The molecule has 1 N–H and O–H groups in total. The van der Waals surface area contributed by atoms with E-state index in [-0.39, 0.29) is 23.3 Å². The largest absolute Gasteiger partial charge is 0.355 e. The number of carbonyl (C=O) groups is 1. The normalized spacial score (nSPS) is 14.6. The van der Waals surface area contributed by atoms with Gasteiger partial charge in [-0.25, -0.2) is 13.2 Å². The summed E-state index contributed by atoms with van der Waals surface area (Å²) in [5, 5.41) is 11.1. The van der Waals surface area contributed by atoms with Crippen LogP contribution in [0, 0.1) is 23.4 Å². The third-order valence-corrected chi connectivity index (χ3v) is 5.11. The molecule has 0 bridgehead atoms. The van der Waals surface area contributed by atoms with E-state index < -0.39 is 11.6 Å². The number of piperidine rings is 1. The minimum Gasteiger partial charge on any atom is -0.355 e. The summed E-state index contributed by atoms with van der Waals surface area (Å²) in [6.45, 7) is 1.22. The van der Waals surface area contributed by atoms with Crippen LogP contribution in [0.5, 0.6) is 0 Å². The number of nitrogens with one attached hydrogen (secondary N) is 1. The Hall–Kier alpha value is -3.42. The first kappa shape index (κ1) is 19.9. The van der Waals surface area contributed by atoms with Crippen molar-refractivity contribution in [2.75, 3.05) is 23.3 Å². The summed E-state index contributed by atoms with van der Waals surface area (Å²) >= 11 is 0. The summed E-state index contributed by atoms with van der Waals surface area (Å²) in [5.74, 6) is -1.58. The highest BCUT2D eigenvalue weighted by Gasteiger charge is 2.26. The number of nitrogens with zero attached hydrogens (tertiary/aromatic N) is 3. The fourth-order valence-electron chi connectivity index (χ4n) is 3.51. The van der Waals surface area contributed by atoms with Crippen LogP contribution >= 0.6 is 0 Å². The summed E-state index contributed by atoms with van der Waals surface area (Å²) < 4.78 is 39.6. The van der Waals surface area contributed by atoms with E-state index in [1.807, 2.05) is 17.0 Å². The summed E-state index contributed by atoms with van der Waals surface area (Å²) in [7, 11) is 0. The molecule has 0 spiro atoms. The molecule has 154 valence electrons. The van der Waals surface area contributed by atoms with Crippen molar-refractivity contribution in [1.82, 2.24) is 10.2 Å². The fourth-order valence-corrected chi connectivity index (χ4v) is 3.51. The Morgan fingerprint density at radius 2 is 1.53 bits per heavy atom. The van der Waals surface area contributed by atoms with Crippen LogP contribution in [0.2, 0.25) is 0 Å². The summed E-state index contributed by atoms with van der Waals surface area (Å²) in [6, 6.07) is 12.7. The second-order valence-electron chi connectivity index (χ2n) is 7.19. The summed E-state index contributed by atoms with van der Waals surface area (Å²) in [6.07, 6.45) is 1.18. The number of aromatic nitrogens is 2. The van der Waals surface area contributed by atoms with Gasteiger partial charge in [-0.3, -0.25) is 4.79 Å². The summed E-state index contributed by atoms with van der Waals surface area (Å²) in [5.41, 5.74) is 1.54. The molecule has 0 radical (unpaired) electrons. The van der Waals surface area contributed by atoms with E-state index >= 15 is 0 Å². The molecule has 4 rings (SSSR count). The molecule has 1 aromatic heterocycles. The highest BCUT2D eigenvalue weighted by atomic mass is 19.1. The number of halogens is 3. The van der Waals surface area contributed by atoms with Crippen LogP contribution in [0.3, 0.4) is 0 Å². The Bertz CT molecular complexity index is 1010. The van der Waals surface area contributed by atoms with Crippen molar-refractivity contribution in [2.45, 2.75) is 12.8 Å². The lowest BCUT2D eigenvalue weighted by Crippen LogP contribution is -2.38. The smallest absolute Gasteiger partial charge is 0.227 e. The van der Waals surface area contributed by atoms with Crippen molar-refractivity contribution >= 4 is 17.4 Å². The number of hydrogen-bond acceptors (Lipinski definition) is 4. The van der Waals surface area contributed by atoms with E-state index in [1.54, 1.807) is 12.1 Å². The van der Waals surface area contributed by atoms with Crippen LogP contribution in [0.25, 0.3) is 11.3 Å². The highest BCUT2D eigenvalue weighted by molar-refractivity contribution is 5.92. The van der Waals surface area contributed by atoms with Crippen molar-refractivity contribution in [3.8, 4) is 11.3 Å². The minimum absolute atomic E-state index is 0.113. The SMILES string of the molecule is O=C(Nc1cc(F)cc(F)c1)C1CCN(c2ccc(-c3ccc(F)cc3)nn2)CC1. The molecular weight excluding hydrogens is 393 g/mol. The maximum Gasteiger partial charge on any atom is 0.227 e. The van der Waals surface area contributed by atoms with Crippen molar-refractivity contribution in [2.24, 2.45) is 5.92 Å². The number of rotatable bonds is 4. The maximum absolute atomic E-state index is 13.3. The molecular formula is C22H19F3N4O. The molecule has 0 saturated carbocycles. The molecule has 0 atom stereocenters. The van der Waals surface area contributed by atoms with Gasteiger partial charge in [0.25, 0.3) is 0 Å². The number of hydrogen-bond donors (Lipinski definition) is 1. The third-order valence-electron chi connectivity index (χ3n) is 5.11. The van der Waals surface area contributed by atoms with Gasteiger partial charge in [0, 0.05) is 36.3 Å². The van der Waals surface area contributed by atoms with Crippen LogP contribution in [-0.4, -0.2) is 29.2 Å². The lowest BCUT2D eigenvalue weighted by atomic mass is 9.95. The lowest BCUT2D eigenvalue weighted by molar-refractivity contribution is -0.120. The maximum atomic E-state index is 13.3. The van der Waals surface area contributed by atoms with E-state index in [2.05, 4.69) is 15.5 Å². The second-order valence-corrected chi connectivity index (χ2v) is 7.19. The van der Waals surface area contributed by atoms with Crippen LogP contribution in [-0.2, 0) is 4.79 Å². The standard InChI is InChI=1S/C22H19F3N4O/c23-16-3-1-14(2-4-16)20-5-6-21(28-27-20)29-9-7-15(8-10-29)22(30)26-19-12-17(24)11-18(25)13-19/h1-6,11-13,15H,7-10H2,(H,26,30). The Morgan fingerprint density at radius 1 is 0.867 bits per heavy atom. The summed E-state index contributed by atoms with van der Waals surface area (Å²) in [4.78, 5) is 14.5. The van der Waals surface area contributed by atoms with Gasteiger partial charge < -0.3 is 10.2 Å². The van der Waals surface area contributed by atoms with E-state index in [9.17, 15) is 18.0 Å². The topological polar surface area (TPSA) is 58.1 Å². The molecule has 8 heteroatoms. The Labute approximate surface area is 171 Å². The van der Waals surface area contributed by atoms with E-state index in [1.165, 1.54) is 12.1 Å². The zero-order valence-corrected chi connectivity index (χ0v) is 16.0. The Kier molecular flexibility index (Phi) is 5.65. The third kappa shape index (κ3) is 4.59. The predicted molar refractivity (Wildman–Crippen MR) is 107 cm³/mol. The highest BCUT2D eigenvalue weighted by Crippen LogP contribution is 2.25. The number of anilines is 2. The number of amides is 1. The molecule has 2 aromatic carbocycles. The quantitative estimate of drug-likeness (QED) is 0.690. The van der Waals surface area contributed by atoms with E-state index in [0.29, 0.717) is 37.4 Å². The second kappa shape index (κ2) is 8.52. The molecule has 1 fully saturated rings. The molecule has 3 aromatic rings. The first-order valence-electron chi connectivity index (χ1n) is 9.59. The predicted octanol–water partition coefficient (Wildman–Crippen LogP) is 4.42. The molecule has 30 heavy (non-hydrogen) atoms. The molecule has 2 heterocycles. The average molecular weight is 412 g/mol. The van der Waals surface area contributed by atoms with Gasteiger partial charge in [-0.2, -0.15) is 0 Å². The van der Waals surface area contributed by atoms with Gasteiger partial charge in [0.2, 0.25) is 5.91 Å². The van der Waals surface area contributed by atoms with Crippen molar-refractivity contribution < 1.29 is 18.0 Å². The zero-order valence-electron chi connectivity index (χ0n) is 16.0. The van der Waals surface area contributed by atoms with E-state index in [4.69, 9.17) is 0 Å². The zero-order chi connectivity index (χ0) is 21.1. The van der Waals surface area contributed by atoms with Gasteiger partial charge in [0.1, 0.15) is 17.5 Å². The lowest BCUT2D eigenvalue weighted by Gasteiger charge is -2.31. The van der Waals surface area contributed by atoms with Crippen molar-refractivity contribution in [1.29, 1.82) is 0 Å². The minimum atomic E-state index is -0.734. The van der Waals surface area contributed by atoms with Crippen LogP contribution in [0.15, 0.2) is 54.6 Å². The first-order valence-corrected chi connectivity index (χ1v) is 9.59. The van der Waals surface area contributed by atoms with Crippen LogP contribution in [0.4, 0.5) is 24.7 Å². The fraction of sp³-hybridized carbons (Fsp3) is 0.227. The van der Waals surface area contributed by atoms with Crippen LogP contribution < -0.4 is 10.2 Å². The number of carbonyl (C=O) groups excluding carboxylic acids is 1. The Balaban J connectivity index is 1.34. The van der Waals surface area contributed by atoms with Crippen molar-refractivity contribution in [3.63, 3.8) is 0 Å². The molecule has 1 aliphatic rings. The molecule has 1 amide bonds.